The maximum absolute atomic E-state index is 5.74. The van der Waals surface area contributed by atoms with E-state index < -0.39 is 0 Å². The predicted octanol–water partition coefficient (Wildman–Crippen LogP) is 7.29. The van der Waals surface area contributed by atoms with Gasteiger partial charge >= 0.3 is 0 Å². The summed E-state index contributed by atoms with van der Waals surface area (Å²) in [5, 5.41) is 0. The first kappa shape index (κ1) is 18.1. The van der Waals surface area contributed by atoms with Gasteiger partial charge in [-0.05, 0) is 87.5 Å². The molecule has 0 nitrogen and oxygen atoms in total. The molecule has 24 heavy (non-hydrogen) atoms. The lowest BCUT2D eigenvalue weighted by molar-refractivity contribution is 0.153. The van der Waals surface area contributed by atoms with Gasteiger partial charge in [-0.1, -0.05) is 60.3 Å². The Balaban J connectivity index is 1.37. The molecule has 0 unspecified atom stereocenters. The van der Waals surface area contributed by atoms with Crippen LogP contribution in [-0.4, -0.2) is 0 Å². The lowest BCUT2D eigenvalue weighted by atomic mass is 9.68. The van der Waals surface area contributed by atoms with E-state index in [0.29, 0.717) is 0 Å². The average Bonchev–Trinajstić information content (AvgIpc) is 2.63. The van der Waals surface area contributed by atoms with E-state index in [0.717, 1.165) is 23.7 Å². The minimum atomic E-state index is 0.754. The summed E-state index contributed by atoms with van der Waals surface area (Å²) in [5.41, 5.74) is 4.62. The predicted molar refractivity (Wildman–Crippen MR) is 105 cm³/mol. The van der Waals surface area contributed by atoms with Crippen molar-refractivity contribution in [1.82, 2.24) is 0 Å². The third kappa shape index (κ3) is 5.12. The average molecular weight is 345 g/mol. The summed E-state index contributed by atoms with van der Waals surface area (Å²) in [4.78, 5) is 0. The molecule has 0 heterocycles. The molecule has 1 aromatic rings. The molecule has 2 aliphatic rings. The fourth-order valence-corrected chi connectivity index (χ4v) is 5.19. The number of aryl methyl sites for hydroxylation is 2. The van der Waals surface area contributed by atoms with Gasteiger partial charge in [-0.2, -0.15) is 0 Å². The van der Waals surface area contributed by atoms with E-state index >= 15 is 0 Å². The molecule has 1 aromatic carbocycles. The summed E-state index contributed by atoms with van der Waals surface area (Å²) in [6, 6.07) is 9.13. The second-order valence-electron chi connectivity index (χ2n) is 8.30. The van der Waals surface area contributed by atoms with Crippen molar-refractivity contribution in [2.75, 3.05) is 0 Å². The van der Waals surface area contributed by atoms with Crippen LogP contribution in [0.3, 0.4) is 0 Å². The molecule has 132 valence electrons. The van der Waals surface area contributed by atoms with Gasteiger partial charge < -0.3 is 0 Å². The maximum Gasteiger partial charge on any atom is 0.000525 e. The zero-order valence-electron chi connectivity index (χ0n) is 15.2. The molecule has 2 aliphatic carbocycles. The van der Waals surface area contributed by atoms with Gasteiger partial charge in [0.05, 0.1) is 0 Å². The van der Waals surface area contributed by atoms with E-state index in [1.165, 1.54) is 75.3 Å². The topological polar surface area (TPSA) is 0 Å². The van der Waals surface area contributed by atoms with Gasteiger partial charge in [0.15, 0.2) is 0 Å². The smallest absolute Gasteiger partial charge is 0.000525 e. The highest BCUT2D eigenvalue weighted by Crippen LogP contribution is 2.42. The first-order chi connectivity index (χ1) is 11.7. The number of hydrogen-bond acceptors (Lipinski definition) is 0. The second kappa shape index (κ2) is 9.09. The van der Waals surface area contributed by atoms with Crippen LogP contribution in [0.1, 0.15) is 68.9 Å². The number of hydrogen-bond donors (Lipinski definition) is 0. The van der Waals surface area contributed by atoms with Crippen LogP contribution in [0.4, 0.5) is 0 Å². The van der Waals surface area contributed by atoms with Crippen molar-refractivity contribution in [3.63, 3.8) is 0 Å². The summed E-state index contributed by atoms with van der Waals surface area (Å²) in [6.45, 7) is 2.17. The molecule has 0 saturated heterocycles. The first-order valence-corrected chi connectivity index (χ1v) is 10.5. The third-order valence-corrected chi connectivity index (χ3v) is 6.83. The zero-order chi connectivity index (χ0) is 16.8. The Hall–Kier alpha value is -0.750. The molecule has 0 atom stereocenters. The van der Waals surface area contributed by atoms with Gasteiger partial charge in [0.2, 0.25) is 0 Å². The van der Waals surface area contributed by atoms with E-state index in [1.807, 2.05) is 0 Å². The summed E-state index contributed by atoms with van der Waals surface area (Å²) in [7, 11) is 0. The largest absolute Gasteiger partial charge is 0.0933 e. The van der Waals surface area contributed by atoms with E-state index in [4.69, 9.17) is 11.6 Å². The first-order valence-electron chi connectivity index (χ1n) is 10.1. The van der Waals surface area contributed by atoms with Gasteiger partial charge in [-0.15, -0.1) is 0 Å². The van der Waals surface area contributed by atoms with Gasteiger partial charge in [0, 0.05) is 5.54 Å². The molecule has 2 fully saturated rings. The fraction of sp³-hybridized carbons (Fsp3) is 0.652. The fourth-order valence-electron chi connectivity index (χ4n) is 4.99. The summed E-state index contributed by atoms with van der Waals surface area (Å²) >= 11 is 5.74. The highest BCUT2D eigenvalue weighted by atomic mass is 35.5. The highest BCUT2D eigenvalue weighted by Gasteiger charge is 2.30. The van der Waals surface area contributed by atoms with Gasteiger partial charge in [0.1, 0.15) is 0 Å². The van der Waals surface area contributed by atoms with E-state index in [9.17, 15) is 0 Å². The Labute approximate surface area is 153 Å². The van der Waals surface area contributed by atoms with Crippen molar-refractivity contribution in [3.8, 4) is 0 Å². The Morgan fingerprint density at radius 3 is 2.04 bits per heavy atom. The summed E-state index contributed by atoms with van der Waals surface area (Å²) < 4.78 is 0. The van der Waals surface area contributed by atoms with E-state index in [-0.39, 0.29) is 0 Å². The van der Waals surface area contributed by atoms with Crippen LogP contribution in [0.25, 0.3) is 0 Å². The number of allylic oxidation sites excluding steroid dienone is 1. The molecular weight excluding hydrogens is 312 g/mol. The number of benzene rings is 1. The Morgan fingerprint density at radius 1 is 0.875 bits per heavy atom. The van der Waals surface area contributed by atoms with Crippen molar-refractivity contribution in [2.45, 2.75) is 71.1 Å². The molecular formula is C23H33Cl. The zero-order valence-corrected chi connectivity index (χ0v) is 16.0. The third-order valence-electron chi connectivity index (χ3n) is 6.68. The quantitative estimate of drug-likeness (QED) is 0.525. The van der Waals surface area contributed by atoms with Crippen molar-refractivity contribution < 1.29 is 0 Å². The Bertz CT molecular complexity index is 499. The Kier molecular flexibility index (Phi) is 6.84. The second-order valence-corrected chi connectivity index (χ2v) is 8.55. The SMILES string of the molecule is Cc1ccc(CCC2CCC(C3CCC(/C=C/Cl)CC3)CC2)cc1. The molecule has 0 aromatic heterocycles. The normalized spacial score (nSPS) is 31.4. The van der Waals surface area contributed by atoms with Crippen molar-refractivity contribution in [2.24, 2.45) is 23.7 Å². The monoisotopic (exact) mass is 344 g/mol. The van der Waals surface area contributed by atoms with E-state index in [1.54, 1.807) is 5.54 Å². The minimum absolute atomic E-state index is 0.754. The molecule has 1 heteroatoms. The highest BCUT2D eigenvalue weighted by molar-refractivity contribution is 6.25. The molecule has 0 bridgehead atoms. The maximum atomic E-state index is 5.74. The van der Waals surface area contributed by atoms with Crippen LogP contribution in [0.15, 0.2) is 35.9 Å². The summed E-state index contributed by atoms with van der Waals surface area (Å²) in [6.07, 6.45) is 16.4. The van der Waals surface area contributed by atoms with Gasteiger partial charge in [-0.3, -0.25) is 0 Å². The van der Waals surface area contributed by atoms with E-state index in [2.05, 4.69) is 37.3 Å². The lowest BCUT2D eigenvalue weighted by Crippen LogP contribution is -2.25. The lowest BCUT2D eigenvalue weighted by Gasteiger charge is -2.37. The van der Waals surface area contributed by atoms with Crippen molar-refractivity contribution in [1.29, 1.82) is 0 Å². The summed E-state index contributed by atoms with van der Waals surface area (Å²) in [5.74, 6) is 3.74. The molecule has 2 saturated carbocycles. The van der Waals surface area contributed by atoms with Crippen LogP contribution in [0.2, 0.25) is 0 Å². The number of rotatable bonds is 5. The molecule has 0 spiro atoms. The number of halogens is 1. The van der Waals surface area contributed by atoms with Crippen LogP contribution >= 0.6 is 11.6 Å². The van der Waals surface area contributed by atoms with Crippen LogP contribution < -0.4 is 0 Å². The molecule has 0 amide bonds. The Morgan fingerprint density at radius 2 is 1.46 bits per heavy atom. The molecule has 3 rings (SSSR count). The van der Waals surface area contributed by atoms with Crippen LogP contribution in [-0.2, 0) is 6.42 Å². The van der Waals surface area contributed by atoms with Crippen LogP contribution in [0, 0.1) is 30.6 Å². The standard InChI is InChI=1S/C23H33Cl/c1-18-2-4-19(5-3-18)6-7-20-8-12-22(13-9-20)23-14-10-21(11-15-23)16-17-24/h2-5,16-17,20-23H,6-15H2,1H3/b17-16+. The molecule has 0 radical (unpaired) electrons. The van der Waals surface area contributed by atoms with Crippen molar-refractivity contribution >= 4 is 11.6 Å². The molecule has 0 aliphatic heterocycles. The van der Waals surface area contributed by atoms with Gasteiger partial charge in [-0.25, -0.2) is 0 Å². The minimum Gasteiger partial charge on any atom is -0.0933 e. The van der Waals surface area contributed by atoms with Crippen LogP contribution in [0.5, 0.6) is 0 Å². The van der Waals surface area contributed by atoms with Gasteiger partial charge in [0.25, 0.3) is 0 Å². The molecule has 0 N–H and O–H groups in total. The van der Waals surface area contributed by atoms with Crippen molar-refractivity contribution in [3.05, 3.63) is 47.0 Å².